The number of halogens is 3. The van der Waals surface area contributed by atoms with Crippen LogP contribution in [0.5, 0.6) is 0 Å². The van der Waals surface area contributed by atoms with Crippen molar-refractivity contribution in [3.05, 3.63) is 56.2 Å². The van der Waals surface area contributed by atoms with Gasteiger partial charge in [0.25, 0.3) is 0 Å². The molecule has 1 unspecified atom stereocenters. The second kappa shape index (κ2) is 5.02. The number of ether oxygens (including phenoxy) is 1. The summed E-state index contributed by atoms with van der Waals surface area (Å²) in [6.45, 7) is 0.302. The Hall–Kier alpha value is -1.27. The Morgan fingerprint density at radius 2 is 1.95 bits per heavy atom. The maximum Gasteiger partial charge on any atom is 0.222 e. The number of hydrogen-bond acceptors (Lipinski definition) is 3. The molecule has 0 amide bonds. The predicted molar refractivity (Wildman–Crippen MR) is 73.6 cm³/mol. The lowest BCUT2D eigenvalue weighted by Crippen LogP contribution is -2.07. The standard InChI is InChI=1S/C13H8BrF2NOS/c14-11-5-4-10(19-11)9-6-18-13(17-9)12-7(15)2-1-3-8(12)16/h1-5,9H,6H2. The van der Waals surface area contributed by atoms with E-state index in [0.29, 0.717) is 6.61 Å². The van der Waals surface area contributed by atoms with Gasteiger partial charge >= 0.3 is 0 Å². The Morgan fingerprint density at radius 1 is 1.21 bits per heavy atom. The van der Waals surface area contributed by atoms with E-state index >= 15 is 0 Å². The van der Waals surface area contributed by atoms with Gasteiger partial charge in [0.15, 0.2) is 0 Å². The number of rotatable bonds is 2. The van der Waals surface area contributed by atoms with Crippen LogP contribution in [-0.4, -0.2) is 12.5 Å². The van der Waals surface area contributed by atoms with Crippen molar-refractivity contribution in [3.63, 3.8) is 0 Å². The van der Waals surface area contributed by atoms with Crippen LogP contribution < -0.4 is 0 Å². The van der Waals surface area contributed by atoms with Crippen molar-refractivity contribution in [2.24, 2.45) is 4.99 Å². The Morgan fingerprint density at radius 3 is 2.58 bits per heavy atom. The number of nitrogens with zero attached hydrogens (tertiary/aromatic N) is 1. The fourth-order valence-corrected chi connectivity index (χ4v) is 3.31. The van der Waals surface area contributed by atoms with Gasteiger partial charge in [-0.2, -0.15) is 0 Å². The lowest BCUT2D eigenvalue weighted by molar-refractivity contribution is 0.318. The first-order chi connectivity index (χ1) is 9.15. The van der Waals surface area contributed by atoms with Gasteiger partial charge in [-0.1, -0.05) is 6.07 Å². The van der Waals surface area contributed by atoms with E-state index in [1.54, 1.807) is 0 Å². The second-order valence-corrected chi connectivity index (χ2v) is 6.49. The lowest BCUT2D eigenvalue weighted by atomic mass is 10.2. The summed E-state index contributed by atoms with van der Waals surface area (Å²) in [5, 5.41) is 0. The first-order valence-corrected chi connectivity index (χ1v) is 7.16. The van der Waals surface area contributed by atoms with Gasteiger partial charge in [-0.05, 0) is 40.2 Å². The minimum atomic E-state index is -0.660. The first-order valence-electron chi connectivity index (χ1n) is 5.55. The highest BCUT2D eigenvalue weighted by Crippen LogP contribution is 2.33. The van der Waals surface area contributed by atoms with Crippen LogP contribution >= 0.6 is 27.3 Å². The molecule has 3 rings (SSSR count). The highest BCUT2D eigenvalue weighted by Gasteiger charge is 2.26. The summed E-state index contributed by atoms with van der Waals surface area (Å²) >= 11 is 4.90. The molecular formula is C13H8BrF2NOS. The van der Waals surface area contributed by atoms with Gasteiger partial charge in [0, 0.05) is 4.88 Å². The summed E-state index contributed by atoms with van der Waals surface area (Å²) in [5.41, 5.74) is -0.194. The van der Waals surface area contributed by atoms with Crippen LogP contribution in [0.15, 0.2) is 39.1 Å². The van der Waals surface area contributed by atoms with Crippen LogP contribution in [0.2, 0.25) is 0 Å². The summed E-state index contributed by atoms with van der Waals surface area (Å²) < 4.78 is 33.6. The molecule has 6 heteroatoms. The second-order valence-electron chi connectivity index (χ2n) is 4.00. The van der Waals surface area contributed by atoms with Crippen LogP contribution in [-0.2, 0) is 4.74 Å². The molecule has 0 spiro atoms. The topological polar surface area (TPSA) is 21.6 Å². The van der Waals surface area contributed by atoms with Crippen molar-refractivity contribution in [1.82, 2.24) is 0 Å². The molecule has 1 aromatic heterocycles. The van der Waals surface area contributed by atoms with Crippen molar-refractivity contribution in [1.29, 1.82) is 0 Å². The maximum atomic E-state index is 13.6. The molecule has 0 aliphatic carbocycles. The molecular weight excluding hydrogens is 336 g/mol. The fourth-order valence-electron chi connectivity index (χ4n) is 1.87. The third-order valence-electron chi connectivity index (χ3n) is 2.75. The van der Waals surface area contributed by atoms with Gasteiger partial charge in [-0.3, -0.25) is 0 Å². The van der Waals surface area contributed by atoms with E-state index in [4.69, 9.17) is 4.74 Å². The Labute approximate surface area is 120 Å². The Balaban J connectivity index is 1.95. The molecule has 1 aliphatic rings. The van der Waals surface area contributed by atoms with Crippen molar-refractivity contribution in [2.45, 2.75) is 6.04 Å². The quantitative estimate of drug-likeness (QED) is 0.796. The molecule has 1 atom stereocenters. The normalized spacial score (nSPS) is 18.3. The molecule has 0 bridgehead atoms. The Kier molecular flexibility index (Phi) is 3.36. The molecule has 2 aromatic rings. The van der Waals surface area contributed by atoms with Crippen molar-refractivity contribution in [2.75, 3.05) is 6.61 Å². The third-order valence-corrected chi connectivity index (χ3v) is 4.47. The van der Waals surface area contributed by atoms with E-state index in [-0.39, 0.29) is 17.5 Å². The minimum Gasteiger partial charge on any atom is -0.475 e. The fraction of sp³-hybridized carbons (Fsp3) is 0.154. The lowest BCUT2D eigenvalue weighted by Gasteiger charge is -2.03. The largest absolute Gasteiger partial charge is 0.475 e. The van der Waals surface area contributed by atoms with Crippen LogP contribution in [0, 0.1) is 11.6 Å². The minimum absolute atomic E-state index is 0.0325. The molecule has 0 saturated carbocycles. The molecule has 0 N–H and O–H groups in total. The highest BCUT2D eigenvalue weighted by atomic mass is 79.9. The SMILES string of the molecule is Fc1cccc(F)c1C1=NC(c2ccc(Br)s2)CO1. The van der Waals surface area contributed by atoms with Crippen LogP contribution in [0.1, 0.15) is 16.5 Å². The van der Waals surface area contributed by atoms with Crippen molar-refractivity contribution < 1.29 is 13.5 Å². The summed E-state index contributed by atoms with van der Waals surface area (Å²) in [4.78, 5) is 5.27. The van der Waals surface area contributed by atoms with E-state index in [2.05, 4.69) is 20.9 Å². The monoisotopic (exact) mass is 343 g/mol. The predicted octanol–water partition coefficient (Wildman–Crippen LogP) is 4.31. The van der Waals surface area contributed by atoms with Crippen molar-refractivity contribution in [3.8, 4) is 0 Å². The zero-order valence-corrected chi connectivity index (χ0v) is 12.0. The molecule has 2 heterocycles. The van der Waals surface area contributed by atoms with Crippen LogP contribution in [0.4, 0.5) is 8.78 Å². The van der Waals surface area contributed by atoms with Gasteiger partial charge in [-0.15, -0.1) is 11.3 Å². The van der Waals surface area contributed by atoms with Gasteiger partial charge in [-0.25, -0.2) is 13.8 Å². The van der Waals surface area contributed by atoms with Gasteiger partial charge in [0.2, 0.25) is 5.90 Å². The van der Waals surface area contributed by atoms with Gasteiger partial charge in [0.1, 0.15) is 29.8 Å². The molecule has 0 saturated heterocycles. The number of aliphatic imine (C=N–C) groups is 1. The van der Waals surface area contributed by atoms with E-state index < -0.39 is 11.6 Å². The van der Waals surface area contributed by atoms with Gasteiger partial charge in [0.05, 0.1) is 3.79 Å². The molecule has 19 heavy (non-hydrogen) atoms. The number of thiophene rings is 1. The van der Waals surface area contributed by atoms with Crippen LogP contribution in [0.3, 0.4) is 0 Å². The summed E-state index contributed by atoms with van der Waals surface area (Å²) in [5.74, 6) is -1.29. The number of hydrogen-bond donors (Lipinski definition) is 0. The zero-order valence-electron chi connectivity index (χ0n) is 9.57. The molecule has 98 valence electrons. The molecule has 1 aromatic carbocycles. The zero-order chi connectivity index (χ0) is 13.4. The average molecular weight is 344 g/mol. The molecule has 0 fully saturated rings. The maximum absolute atomic E-state index is 13.6. The summed E-state index contributed by atoms with van der Waals surface area (Å²) in [6.07, 6.45) is 0. The van der Waals surface area contributed by atoms with E-state index in [0.717, 1.165) is 8.66 Å². The smallest absolute Gasteiger partial charge is 0.222 e. The molecule has 1 aliphatic heterocycles. The van der Waals surface area contributed by atoms with E-state index in [1.807, 2.05) is 12.1 Å². The molecule has 2 nitrogen and oxygen atoms in total. The third kappa shape index (κ3) is 2.42. The Bertz CT molecular complexity index is 636. The van der Waals surface area contributed by atoms with Gasteiger partial charge < -0.3 is 4.74 Å². The highest BCUT2D eigenvalue weighted by molar-refractivity contribution is 9.11. The van der Waals surface area contributed by atoms with Crippen LogP contribution in [0.25, 0.3) is 0 Å². The van der Waals surface area contributed by atoms with E-state index in [1.165, 1.54) is 29.5 Å². The number of benzene rings is 1. The van der Waals surface area contributed by atoms with Crippen molar-refractivity contribution >= 4 is 33.2 Å². The first kappa shape index (κ1) is 12.7. The average Bonchev–Trinajstić information content (AvgIpc) is 2.98. The summed E-state index contributed by atoms with van der Waals surface area (Å²) in [6, 6.07) is 7.34. The van der Waals surface area contributed by atoms with E-state index in [9.17, 15) is 8.78 Å². The summed E-state index contributed by atoms with van der Waals surface area (Å²) in [7, 11) is 0. The molecule has 0 radical (unpaired) electrons.